The molecule has 0 atom stereocenters. The molecule has 5 nitrogen and oxygen atoms in total. The van der Waals surface area contributed by atoms with Gasteiger partial charge < -0.3 is 14.5 Å². The van der Waals surface area contributed by atoms with Crippen LogP contribution in [-0.2, 0) is 11.3 Å². The van der Waals surface area contributed by atoms with Crippen LogP contribution in [0.4, 0.5) is 0 Å². The van der Waals surface area contributed by atoms with Crippen LogP contribution in [0.3, 0.4) is 0 Å². The number of H-pyrrole nitrogens is 1. The second-order valence-electron chi connectivity index (χ2n) is 8.25. The average molecular weight is 413 g/mol. The first-order chi connectivity index (χ1) is 14.2. The van der Waals surface area contributed by atoms with E-state index in [1.807, 2.05) is 6.20 Å². The summed E-state index contributed by atoms with van der Waals surface area (Å²) in [5.74, 6) is 1.41. The number of likely N-dealkylation sites (tertiary alicyclic amines) is 1. The monoisotopic (exact) mass is 412 g/mol. The second-order valence-corrected chi connectivity index (χ2v) is 9.56. The summed E-state index contributed by atoms with van der Waals surface area (Å²) in [7, 11) is 0. The van der Waals surface area contributed by atoms with Crippen molar-refractivity contribution in [1.82, 2.24) is 9.88 Å². The van der Waals surface area contributed by atoms with E-state index in [0.717, 1.165) is 65.1 Å². The molecule has 1 saturated carbocycles. The van der Waals surface area contributed by atoms with Crippen molar-refractivity contribution >= 4 is 11.8 Å². The first kappa shape index (κ1) is 19.2. The van der Waals surface area contributed by atoms with Crippen molar-refractivity contribution in [2.45, 2.75) is 62.4 Å². The lowest BCUT2D eigenvalue weighted by atomic mass is 9.89. The summed E-state index contributed by atoms with van der Waals surface area (Å²) in [6.07, 6.45) is 7.73. The number of ether oxygens (including phenoxy) is 2. The van der Waals surface area contributed by atoms with Gasteiger partial charge in [-0.15, -0.1) is 11.8 Å². The zero-order valence-electron chi connectivity index (χ0n) is 16.9. The van der Waals surface area contributed by atoms with Gasteiger partial charge in [0.25, 0.3) is 0 Å². The molecule has 1 aliphatic carbocycles. The Morgan fingerprint density at radius 2 is 2.07 bits per heavy atom. The number of aromatic nitrogens is 1. The SMILES string of the molecule is CCSc1c[nH]c(=O)cc1-c1ccc2c(c1)COC1(CCN(C3CCC3)CC1)O2. The van der Waals surface area contributed by atoms with Crippen LogP contribution in [-0.4, -0.2) is 40.6 Å². The van der Waals surface area contributed by atoms with Crippen LogP contribution in [0, 0.1) is 0 Å². The Morgan fingerprint density at radius 3 is 2.79 bits per heavy atom. The highest BCUT2D eigenvalue weighted by molar-refractivity contribution is 7.99. The van der Waals surface area contributed by atoms with Gasteiger partial charge in [0.05, 0.1) is 6.61 Å². The van der Waals surface area contributed by atoms with Gasteiger partial charge in [0, 0.05) is 60.3 Å². The van der Waals surface area contributed by atoms with Crippen molar-refractivity contribution in [3.8, 4) is 16.9 Å². The second kappa shape index (κ2) is 7.82. The van der Waals surface area contributed by atoms with Gasteiger partial charge in [-0.2, -0.15) is 0 Å². The predicted octanol–water partition coefficient (Wildman–Crippen LogP) is 4.41. The molecule has 0 bridgehead atoms. The lowest BCUT2D eigenvalue weighted by molar-refractivity contribution is -0.231. The maximum Gasteiger partial charge on any atom is 0.248 e. The van der Waals surface area contributed by atoms with E-state index in [-0.39, 0.29) is 5.56 Å². The third-order valence-corrected chi connectivity index (χ3v) is 7.43. The molecule has 1 N–H and O–H groups in total. The van der Waals surface area contributed by atoms with Gasteiger partial charge in [-0.05, 0) is 36.3 Å². The highest BCUT2D eigenvalue weighted by Gasteiger charge is 2.42. The Hall–Kier alpha value is -1.76. The van der Waals surface area contributed by atoms with E-state index in [9.17, 15) is 4.79 Å². The molecule has 3 aliphatic rings. The van der Waals surface area contributed by atoms with Crippen molar-refractivity contribution in [1.29, 1.82) is 0 Å². The third kappa shape index (κ3) is 3.74. The fraction of sp³-hybridized carbons (Fsp3) is 0.522. The molecule has 5 rings (SSSR count). The Balaban J connectivity index is 1.35. The van der Waals surface area contributed by atoms with Gasteiger partial charge in [-0.25, -0.2) is 0 Å². The van der Waals surface area contributed by atoms with Gasteiger partial charge in [0.15, 0.2) is 0 Å². The van der Waals surface area contributed by atoms with Gasteiger partial charge in [0.1, 0.15) is 5.75 Å². The fourth-order valence-electron chi connectivity index (χ4n) is 4.59. The summed E-state index contributed by atoms with van der Waals surface area (Å²) in [6.45, 7) is 4.79. The number of hydrogen-bond acceptors (Lipinski definition) is 5. The number of thioether (sulfide) groups is 1. The normalized spacial score (nSPS) is 21.4. The van der Waals surface area contributed by atoms with Crippen LogP contribution in [0.25, 0.3) is 11.1 Å². The molecule has 1 aromatic heterocycles. The van der Waals surface area contributed by atoms with Crippen LogP contribution < -0.4 is 10.3 Å². The van der Waals surface area contributed by atoms with Crippen molar-refractivity contribution in [3.05, 3.63) is 46.4 Å². The summed E-state index contributed by atoms with van der Waals surface area (Å²) in [4.78, 5) is 18.4. The molecule has 2 aromatic rings. The number of aromatic amines is 1. The number of nitrogens with one attached hydrogen (secondary N) is 1. The predicted molar refractivity (Wildman–Crippen MR) is 115 cm³/mol. The summed E-state index contributed by atoms with van der Waals surface area (Å²) >= 11 is 1.73. The number of hydrogen-bond donors (Lipinski definition) is 1. The van der Waals surface area contributed by atoms with Crippen LogP contribution in [0.15, 0.2) is 40.2 Å². The molecule has 2 fully saturated rings. The Labute approximate surface area is 175 Å². The molecule has 1 saturated heterocycles. The smallest absolute Gasteiger partial charge is 0.248 e. The van der Waals surface area contributed by atoms with Crippen LogP contribution >= 0.6 is 11.8 Å². The molecule has 154 valence electrons. The quantitative estimate of drug-likeness (QED) is 0.754. The topological polar surface area (TPSA) is 54.6 Å². The van der Waals surface area contributed by atoms with Gasteiger partial charge in [-0.3, -0.25) is 9.69 Å². The van der Waals surface area contributed by atoms with E-state index >= 15 is 0 Å². The zero-order chi connectivity index (χ0) is 19.8. The molecule has 0 radical (unpaired) electrons. The van der Waals surface area contributed by atoms with E-state index in [4.69, 9.17) is 9.47 Å². The molecule has 1 aromatic carbocycles. The van der Waals surface area contributed by atoms with E-state index in [2.05, 4.69) is 35.0 Å². The number of nitrogens with zero attached hydrogens (tertiary/aromatic N) is 1. The van der Waals surface area contributed by atoms with Crippen LogP contribution in [0.5, 0.6) is 5.75 Å². The maximum absolute atomic E-state index is 11.9. The minimum absolute atomic E-state index is 0.0807. The molecular weight excluding hydrogens is 384 g/mol. The molecular formula is C23H28N2O3S. The zero-order valence-corrected chi connectivity index (χ0v) is 17.7. The first-order valence-corrected chi connectivity index (χ1v) is 11.7. The highest BCUT2D eigenvalue weighted by Crippen LogP contribution is 2.41. The molecule has 1 spiro atoms. The van der Waals surface area contributed by atoms with Crippen LogP contribution in [0.1, 0.15) is 44.6 Å². The molecule has 6 heteroatoms. The average Bonchev–Trinajstić information content (AvgIpc) is 2.70. The minimum atomic E-state index is -0.470. The van der Waals surface area contributed by atoms with Crippen molar-refractivity contribution in [2.75, 3.05) is 18.8 Å². The lowest BCUT2D eigenvalue weighted by Crippen LogP contribution is -2.54. The summed E-state index contributed by atoms with van der Waals surface area (Å²) in [6, 6.07) is 8.70. The fourth-order valence-corrected chi connectivity index (χ4v) is 5.37. The van der Waals surface area contributed by atoms with Gasteiger partial charge >= 0.3 is 0 Å². The molecule has 0 amide bonds. The molecule has 2 aliphatic heterocycles. The minimum Gasteiger partial charge on any atom is -0.462 e. The highest BCUT2D eigenvalue weighted by atomic mass is 32.2. The maximum atomic E-state index is 11.9. The Bertz CT molecular complexity index is 945. The number of rotatable bonds is 4. The van der Waals surface area contributed by atoms with E-state index in [0.29, 0.717) is 6.61 Å². The number of fused-ring (bicyclic) bond motifs is 1. The third-order valence-electron chi connectivity index (χ3n) is 6.50. The van der Waals surface area contributed by atoms with Crippen LogP contribution in [0.2, 0.25) is 0 Å². The van der Waals surface area contributed by atoms with E-state index in [1.54, 1.807) is 17.8 Å². The lowest BCUT2D eigenvalue weighted by Gasteiger charge is -2.47. The number of pyridine rings is 1. The summed E-state index contributed by atoms with van der Waals surface area (Å²) in [5, 5.41) is 0. The molecule has 0 unspecified atom stereocenters. The first-order valence-electron chi connectivity index (χ1n) is 10.7. The summed E-state index contributed by atoms with van der Waals surface area (Å²) in [5.41, 5.74) is 2.98. The Kier molecular flexibility index (Phi) is 5.18. The Morgan fingerprint density at radius 1 is 1.24 bits per heavy atom. The van der Waals surface area contributed by atoms with Gasteiger partial charge in [-0.1, -0.05) is 19.4 Å². The van der Waals surface area contributed by atoms with Crippen molar-refractivity contribution < 1.29 is 9.47 Å². The number of piperidine rings is 1. The summed E-state index contributed by atoms with van der Waals surface area (Å²) < 4.78 is 12.7. The largest absolute Gasteiger partial charge is 0.462 e. The van der Waals surface area contributed by atoms with Crippen molar-refractivity contribution in [3.63, 3.8) is 0 Å². The van der Waals surface area contributed by atoms with E-state index in [1.165, 1.54) is 19.3 Å². The molecule has 3 heterocycles. The molecule has 29 heavy (non-hydrogen) atoms. The number of benzene rings is 1. The van der Waals surface area contributed by atoms with Gasteiger partial charge in [0.2, 0.25) is 11.3 Å². The van der Waals surface area contributed by atoms with E-state index < -0.39 is 5.79 Å². The standard InChI is InChI=1S/C23H28N2O3S/c1-2-29-21-14-24-22(26)13-19(21)16-6-7-20-17(12-16)15-27-23(28-20)8-10-25(11-9-23)18-4-3-5-18/h6-7,12-14,18H,2-5,8-11,15H2,1H3,(H,24,26). The van der Waals surface area contributed by atoms with Crippen molar-refractivity contribution in [2.24, 2.45) is 0 Å².